The van der Waals surface area contributed by atoms with Crippen molar-refractivity contribution in [2.24, 2.45) is 5.92 Å². The molecule has 0 radical (unpaired) electrons. The van der Waals surface area contributed by atoms with Crippen molar-refractivity contribution >= 4 is 11.9 Å². The van der Waals surface area contributed by atoms with Crippen molar-refractivity contribution in [3.05, 3.63) is 0 Å². The minimum absolute atomic E-state index is 0.108. The van der Waals surface area contributed by atoms with Crippen LogP contribution in [0.5, 0.6) is 0 Å². The molecule has 0 bridgehead atoms. The van der Waals surface area contributed by atoms with Gasteiger partial charge in [0.15, 0.2) is 0 Å². The number of hydrogen-bond acceptors (Lipinski definition) is 3. The molecule has 3 N–H and O–H groups in total. The monoisotopic (exact) mass is 241 g/mol. The molecule has 2 rings (SSSR count). The van der Waals surface area contributed by atoms with Gasteiger partial charge in [-0.15, -0.1) is 0 Å². The number of ether oxygens (including phenoxy) is 1. The first-order valence-electron chi connectivity index (χ1n) is 6.15. The third-order valence-electron chi connectivity index (χ3n) is 2.92. The van der Waals surface area contributed by atoms with Crippen LogP contribution in [0.25, 0.3) is 0 Å². The fourth-order valence-corrected chi connectivity index (χ4v) is 1.74. The van der Waals surface area contributed by atoms with Crippen molar-refractivity contribution < 1.29 is 14.3 Å². The van der Waals surface area contributed by atoms with Crippen LogP contribution < -0.4 is 16.0 Å². The Morgan fingerprint density at radius 1 is 1.12 bits per heavy atom. The Labute approximate surface area is 100 Å². The second-order valence-electron chi connectivity index (χ2n) is 4.53. The molecule has 1 saturated heterocycles. The van der Waals surface area contributed by atoms with Crippen molar-refractivity contribution in [1.29, 1.82) is 0 Å². The zero-order valence-corrected chi connectivity index (χ0v) is 9.83. The fraction of sp³-hybridized carbons (Fsp3) is 0.818. The predicted molar refractivity (Wildman–Crippen MR) is 61.5 cm³/mol. The van der Waals surface area contributed by atoms with Gasteiger partial charge in [0.05, 0.1) is 12.6 Å². The molecule has 0 aromatic carbocycles. The summed E-state index contributed by atoms with van der Waals surface area (Å²) in [4.78, 5) is 22.7. The number of amides is 3. The molecule has 1 unspecified atom stereocenters. The van der Waals surface area contributed by atoms with Crippen LogP contribution >= 0.6 is 0 Å². The SMILES string of the molecule is O=C(NCCNC(=O)C1CC1)NC1CCOC1. The van der Waals surface area contributed by atoms with Crippen LogP contribution in [0.2, 0.25) is 0 Å². The average Bonchev–Trinajstić information content (AvgIpc) is 3.04. The first-order chi connectivity index (χ1) is 8.25. The van der Waals surface area contributed by atoms with E-state index in [1.807, 2.05) is 0 Å². The molecule has 1 aliphatic carbocycles. The van der Waals surface area contributed by atoms with Gasteiger partial charge >= 0.3 is 6.03 Å². The summed E-state index contributed by atoms with van der Waals surface area (Å²) >= 11 is 0. The summed E-state index contributed by atoms with van der Waals surface area (Å²) in [5.41, 5.74) is 0. The average molecular weight is 241 g/mol. The first-order valence-corrected chi connectivity index (χ1v) is 6.15. The maximum Gasteiger partial charge on any atom is 0.315 e. The Bertz CT molecular complexity index is 286. The van der Waals surface area contributed by atoms with Gasteiger partial charge in [-0.3, -0.25) is 4.79 Å². The molecule has 6 heteroatoms. The molecule has 1 saturated carbocycles. The lowest BCUT2D eigenvalue weighted by molar-refractivity contribution is -0.122. The highest BCUT2D eigenvalue weighted by Gasteiger charge is 2.29. The van der Waals surface area contributed by atoms with Crippen LogP contribution in [0.1, 0.15) is 19.3 Å². The maximum atomic E-state index is 11.4. The molecule has 1 heterocycles. The maximum absolute atomic E-state index is 11.4. The molecule has 6 nitrogen and oxygen atoms in total. The van der Waals surface area contributed by atoms with Crippen molar-refractivity contribution in [3.63, 3.8) is 0 Å². The highest BCUT2D eigenvalue weighted by atomic mass is 16.5. The van der Waals surface area contributed by atoms with E-state index < -0.39 is 0 Å². The minimum atomic E-state index is -0.193. The molecule has 0 aromatic rings. The molecule has 0 spiro atoms. The Morgan fingerprint density at radius 2 is 1.88 bits per heavy atom. The number of hydrogen-bond donors (Lipinski definition) is 3. The van der Waals surface area contributed by atoms with E-state index in [2.05, 4.69) is 16.0 Å². The van der Waals surface area contributed by atoms with Crippen LogP contribution in [0, 0.1) is 5.92 Å². The van der Waals surface area contributed by atoms with Crippen LogP contribution in [0.3, 0.4) is 0 Å². The summed E-state index contributed by atoms with van der Waals surface area (Å²) in [7, 11) is 0. The van der Waals surface area contributed by atoms with Crippen LogP contribution in [0.15, 0.2) is 0 Å². The molecular formula is C11H19N3O3. The third-order valence-corrected chi connectivity index (χ3v) is 2.92. The topological polar surface area (TPSA) is 79.5 Å². The van der Waals surface area contributed by atoms with Crippen LogP contribution in [-0.2, 0) is 9.53 Å². The molecular weight excluding hydrogens is 222 g/mol. The van der Waals surface area contributed by atoms with Gasteiger partial charge in [-0.2, -0.15) is 0 Å². The zero-order chi connectivity index (χ0) is 12.1. The molecule has 2 aliphatic rings. The van der Waals surface area contributed by atoms with E-state index in [1.165, 1.54) is 0 Å². The highest BCUT2D eigenvalue weighted by molar-refractivity contribution is 5.80. The number of rotatable bonds is 5. The van der Waals surface area contributed by atoms with E-state index >= 15 is 0 Å². The summed E-state index contributed by atoms with van der Waals surface area (Å²) in [6.45, 7) is 2.25. The largest absolute Gasteiger partial charge is 0.379 e. The van der Waals surface area contributed by atoms with Gasteiger partial charge in [0.25, 0.3) is 0 Å². The van der Waals surface area contributed by atoms with Crippen molar-refractivity contribution in [2.45, 2.75) is 25.3 Å². The van der Waals surface area contributed by atoms with Crippen LogP contribution in [0.4, 0.5) is 4.79 Å². The summed E-state index contributed by atoms with van der Waals surface area (Å²) in [5.74, 6) is 0.330. The molecule has 1 aliphatic heterocycles. The van der Waals surface area contributed by atoms with Gasteiger partial charge in [0.2, 0.25) is 5.91 Å². The number of carbonyl (C=O) groups is 2. The van der Waals surface area contributed by atoms with Crippen molar-refractivity contribution in [3.8, 4) is 0 Å². The second-order valence-corrected chi connectivity index (χ2v) is 4.53. The van der Waals surface area contributed by atoms with Gasteiger partial charge in [-0.1, -0.05) is 0 Å². The highest BCUT2D eigenvalue weighted by Crippen LogP contribution is 2.28. The van der Waals surface area contributed by atoms with Gasteiger partial charge in [-0.05, 0) is 19.3 Å². The summed E-state index contributed by atoms with van der Waals surface area (Å²) in [6.07, 6.45) is 2.87. The number of nitrogens with one attached hydrogen (secondary N) is 3. The molecule has 96 valence electrons. The lowest BCUT2D eigenvalue weighted by Gasteiger charge is -2.12. The normalized spacial score (nSPS) is 23.2. The minimum Gasteiger partial charge on any atom is -0.379 e. The summed E-state index contributed by atoms with van der Waals surface area (Å²) in [6, 6.07) is -0.0720. The van der Waals surface area contributed by atoms with E-state index in [0.29, 0.717) is 26.3 Å². The molecule has 1 atom stereocenters. The van der Waals surface area contributed by atoms with E-state index in [9.17, 15) is 9.59 Å². The lowest BCUT2D eigenvalue weighted by Crippen LogP contribution is -2.44. The Hall–Kier alpha value is -1.30. The molecule has 0 aromatic heterocycles. The molecule has 2 fully saturated rings. The molecule has 17 heavy (non-hydrogen) atoms. The van der Waals surface area contributed by atoms with Crippen molar-refractivity contribution in [1.82, 2.24) is 16.0 Å². The van der Waals surface area contributed by atoms with E-state index in [-0.39, 0.29) is 23.9 Å². The summed E-state index contributed by atoms with van der Waals surface area (Å²) in [5, 5.41) is 8.31. The zero-order valence-electron chi connectivity index (χ0n) is 9.83. The van der Waals surface area contributed by atoms with Crippen LogP contribution in [-0.4, -0.2) is 44.3 Å². The quantitative estimate of drug-likeness (QED) is 0.573. The van der Waals surface area contributed by atoms with Gasteiger partial charge in [0, 0.05) is 25.6 Å². The summed E-state index contributed by atoms with van der Waals surface area (Å²) < 4.78 is 5.15. The Morgan fingerprint density at radius 3 is 2.53 bits per heavy atom. The van der Waals surface area contributed by atoms with E-state index in [1.54, 1.807) is 0 Å². The van der Waals surface area contributed by atoms with E-state index in [0.717, 1.165) is 19.3 Å². The second kappa shape index (κ2) is 5.86. The smallest absolute Gasteiger partial charge is 0.315 e. The predicted octanol–water partition coefficient (Wildman–Crippen LogP) is -0.399. The lowest BCUT2D eigenvalue weighted by atomic mass is 10.3. The first kappa shape index (κ1) is 12.2. The Kier molecular flexibility index (Phi) is 4.19. The van der Waals surface area contributed by atoms with Gasteiger partial charge in [-0.25, -0.2) is 4.79 Å². The van der Waals surface area contributed by atoms with E-state index in [4.69, 9.17) is 4.74 Å². The van der Waals surface area contributed by atoms with Gasteiger partial charge < -0.3 is 20.7 Å². The number of urea groups is 1. The third kappa shape index (κ3) is 4.22. The molecule has 3 amide bonds. The van der Waals surface area contributed by atoms with Gasteiger partial charge in [0.1, 0.15) is 0 Å². The van der Waals surface area contributed by atoms with Crippen molar-refractivity contribution in [2.75, 3.05) is 26.3 Å². The number of carbonyl (C=O) groups excluding carboxylic acids is 2. The standard InChI is InChI=1S/C11H19N3O3/c15-10(8-1-2-8)12-4-5-13-11(16)14-9-3-6-17-7-9/h8-9H,1-7H2,(H,12,15)(H2,13,14,16). The Balaban J connectivity index is 1.48. The fourth-order valence-electron chi connectivity index (χ4n) is 1.74.